The average Bonchev–Trinajstić information content (AvgIpc) is 3.46. The molecule has 144 valence electrons. The van der Waals surface area contributed by atoms with E-state index in [4.69, 9.17) is 4.74 Å². The maximum absolute atomic E-state index is 9.74. The molecule has 0 saturated carbocycles. The fourth-order valence-electron chi connectivity index (χ4n) is 3.02. The van der Waals surface area contributed by atoms with E-state index in [0.29, 0.717) is 6.54 Å². The number of nitrogens with one attached hydrogen (secondary N) is 1. The first kappa shape index (κ1) is 20.6. The zero-order chi connectivity index (χ0) is 19.0. The summed E-state index contributed by atoms with van der Waals surface area (Å²) in [5.41, 5.74) is 0.703. The van der Waals surface area contributed by atoms with Gasteiger partial charge in [-0.15, -0.1) is 0 Å². The molecule has 1 aromatic rings. The SMILES string of the molecule is C/C=C\C/C=N\N(C)C(C)(CNCC1(c2ccccc2)CO1)[C@@H](C)CO. The van der Waals surface area contributed by atoms with Gasteiger partial charge >= 0.3 is 0 Å². The van der Waals surface area contributed by atoms with Gasteiger partial charge in [0.1, 0.15) is 5.60 Å². The Morgan fingerprint density at radius 1 is 1.42 bits per heavy atom. The van der Waals surface area contributed by atoms with Gasteiger partial charge in [0.25, 0.3) is 0 Å². The van der Waals surface area contributed by atoms with Crippen LogP contribution in [0.2, 0.25) is 0 Å². The van der Waals surface area contributed by atoms with Crippen molar-refractivity contribution in [3.05, 3.63) is 48.0 Å². The molecule has 5 heteroatoms. The molecule has 0 radical (unpaired) electrons. The molecule has 2 unspecified atom stereocenters. The molecule has 0 aromatic heterocycles. The summed E-state index contributed by atoms with van der Waals surface area (Å²) in [6, 6.07) is 10.3. The van der Waals surface area contributed by atoms with Crippen molar-refractivity contribution in [1.82, 2.24) is 10.3 Å². The van der Waals surface area contributed by atoms with E-state index in [0.717, 1.165) is 19.6 Å². The van der Waals surface area contributed by atoms with Crippen molar-refractivity contribution >= 4 is 6.21 Å². The molecule has 1 fully saturated rings. The van der Waals surface area contributed by atoms with Crippen LogP contribution in [0.3, 0.4) is 0 Å². The maximum atomic E-state index is 9.74. The molecule has 5 nitrogen and oxygen atoms in total. The zero-order valence-electron chi connectivity index (χ0n) is 16.5. The number of likely N-dealkylation sites (N-methyl/N-ethyl adjacent to an activating group) is 1. The Morgan fingerprint density at radius 2 is 2.12 bits per heavy atom. The second-order valence-electron chi connectivity index (χ2n) is 7.32. The van der Waals surface area contributed by atoms with Crippen LogP contribution < -0.4 is 5.32 Å². The van der Waals surface area contributed by atoms with Crippen LogP contribution in [-0.2, 0) is 10.3 Å². The summed E-state index contributed by atoms with van der Waals surface area (Å²) >= 11 is 0. The molecule has 2 N–H and O–H groups in total. The lowest BCUT2D eigenvalue weighted by Crippen LogP contribution is -2.55. The largest absolute Gasteiger partial charge is 0.396 e. The third-order valence-electron chi connectivity index (χ3n) is 5.49. The second-order valence-corrected chi connectivity index (χ2v) is 7.32. The predicted octanol–water partition coefficient (Wildman–Crippen LogP) is 2.77. The number of aliphatic hydroxyl groups is 1. The normalized spacial score (nSPS) is 23.3. The molecule has 0 spiro atoms. The lowest BCUT2D eigenvalue weighted by Gasteiger charge is -2.41. The maximum Gasteiger partial charge on any atom is 0.129 e. The fourth-order valence-corrected chi connectivity index (χ4v) is 3.02. The molecule has 1 heterocycles. The Labute approximate surface area is 157 Å². The summed E-state index contributed by atoms with van der Waals surface area (Å²) in [4.78, 5) is 0. The highest BCUT2D eigenvalue weighted by atomic mass is 16.6. The van der Waals surface area contributed by atoms with Crippen molar-refractivity contribution in [2.45, 2.75) is 38.3 Å². The number of benzene rings is 1. The molecule has 1 aliphatic rings. The summed E-state index contributed by atoms with van der Waals surface area (Å²) in [5, 5.41) is 19.8. The first-order valence-electron chi connectivity index (χ1n) is 9.37. The number of hydrogen-bond acceptors (Lipinski definition) is 5. The zero-order valence-corrected chi connectivity index (χ0v) is 16.5. The molecule has 1 aromatic carbocycles. The van der Waals surface area contributed by atoms with Crippen molar-refractivity contribution in [2.24, 2.45) is 11.0 Å². The van der Waals surface area contributed by atoms with Gasteiger partial charge in [-0.25, -0.2) is 0 Å². The van der Waals surface area contributed by atoms with Crippen molar-refractivity contribution in [2.75, 3.05) is 33.4 Å². The van der Waals surface area contributed by atoms with Crippen LogP contribution in [0.1, 0.15) is 32.8 Å². The Morgan fingerprint density at radius 3 is 2.69 bits per heavy atom. The van der Waals surface area contributed by atoms with Gasteiger partial charge in [0, 0.05) is 45.3 Å². The predicted molar refractivity (Wildman–Crippen MR) is 107 cm³/mol. The Balaban J connectivity index is 1.98. The van der Waals surface area contributed by atoms with Crippen molar-refractivity contribution < 1.29 is 9.84 Å². The van der Waals surface area contributed by atoms with Crippen LogP contribution in [0.25, 0.3) is 0 Å². The number of rotatable bonds is 11. The molecule has 26 heavy (non-hydrogen) atoms. The summed E-state index contributed by atoms with van der Waals surface area (Å²) < 4.78 is 5.77. The molecule has 0 amide bonds. The Kier molecular flexibility index (Phi) is 7.38. The first-order valence-corrected chi connectivity index (χ1v) is 9.37. The standard InChI is InChI=1S/C21H33N3O2/c1-5-6-10-13-23-24(4)20(3,18(2)14-25)15-22-16-21(17-26-21)19-11-8-7-9-12-19/h5-9,11-13,18,22,25H,10,14-17H2,1-4H3/b6-5-,23-13-/t18-,20?,21?/m0/s1. The molecule has 0 bridgehead atoms. The van der Waals surface area contributed by atoms with E-state index in [2.05, 4.69) is 42.5 Å². The number of epoxide rings is 1. The van der Waals surface area contributed by atoms with Gasteiger partial charge in [0.05, 0.1) is 12.1 Å². The van der Waals surface area contributed by atoms with Gasteiger partial charge in [-0.3, -0.25) is 5.01 Å². The van der Waals surface area contributed by atoms with Crippen LogP contribution in [0.5, 0.6) is 0 Å². The van der Waals surface area contributed by atoms with Crippen molar-refractivity contribution in [3.63, 3.8) is 0 Å². The number of aliphatic hydroxyl groups excluding tert-OH is 1. The fraction of sp³-hybridized carbons (Fsp3) is 0.571. The average molecular weight is 360 g/mol. The van der Waals surface area contributed by atoms with Gasteiger partial charge in [-0.2, -0.15) is 5.10 Å². The Hall–Kier alpha value is -1.69. The minimum absolute atomic E-state index is 0.0756. The molecule has 1 aliphatic heterocycles. The minimum atomic E-state index is -0.298. The van der Waals surface area contributed by atoms with E-state index in [-0.39, 0.29) is 23.7 Å². The van der Waals surface area contributed by atoms with Crippen molar-refractivity contribution in [1.29, 1.82) is 0 Å². The Bertz CT molecular complexity index is 599. The van der Waals surface area contributed by atoms with Crippen molar-refractivity contribution in [3.8, 4) is 0 Å². The lowest BCUT2D eigenvalue weighted by atomic mass is 9.86. The number of hydrogen-bond donors (Lipinski definition) is 2. The summed E-state index contributed by atoms with van der Waals surface area (Å²) in [7, 11) is 1.97. The lowest BCUT2D eigenvalue weighted by molar-refractivity contribution is 0.0466. The van der Waals surface area contributed by atoms with Gasteiger partial charge in [-0.1, -0.05) is 49.4 Å². The van der Waals surface area contributed by atoms with Gasteiger partial charge in [0.2, 0.25) is 0 Å². The van der Waals surface area contributed by atoms with E-state index in [9.17, 15) is 5.11 Å². The number of ether oxygens (including phenoxy) is 1. The molecule has 2 rings (SSSR count). The topological polar surface area (TPSA) is 60.4 Å². The van der Waals surface area contributed by atoms with Crippen LogP contribution >= 0.6 is 0 Å². The minimum Gasteiger partial charge on any atom is -0.396 e. The van der Waals surface area contributed by atoms with Crippen LogP contribution in [0, 0.1) is 5.92 Å². The first-order chi connectivity index (χ1) is 12.5. The highest BCUT2D eigenvalue weighted by Crippen LogP contribution is 2.38. The molecular weight excluding hydrogens is 326 g/mol. The number of allylic oxidation sites excluding steroid dienone is 2. The molecule has 0 aliphatic carbocycles. The van der Waals surface area contributed by atoms with Crippen LogP contribution in [0.15, 0.2) is 47.6 Å². The highest BCUT2D eigenvalue weighted by molar-refractivity contribution is 5.58. The van der Waals surface area contributed by atoms with Gasteiger partial charge < -0.3 is 15.2 Å². The third kappa shape index (κ3) is 4.93. The molecule has 3 atom stereocenters. The third-order valence-corrected chi connectivity index (χ3v) is 5.49. The summed E-state index contributed by atoms with van der Waals surface area (Å²) in [5.74, 6) is 0.0756. The monoisotopic (exact) mass is 359 g/mol. The van der Waals surface area contributed by atoms with Gasteiger partial charge in [-0.05, 0) is 19.4 Å². The molecular formula is C21H33N3O2. The van der Waals surface area contributed by atoms with E-state index in [1.165, 1.54) is 5.56 Å². The summed E-state index contributed by atoms with van der Waals surface area (Å²) in [6.07, 6.45) is 6.79. The summed E-state index contributed by atoms with van der Waals surface area (Å²) in [6.45, 7) is 8.52. The quantitative estimate of drug-likeness (QED) is 0.276. The second kappa shape index (κ2) is 9.31. The van der Waals surface area contributed by atoms with E-state index < -0.39 is 0 Å². The number of nitrogens with zero attached hydrogens (tertiary/aromatic N) is 2. The molecule has 1 saturated heterocycles. The van der Waals surface area contributed by atoms with Gasteiger partial charge in [0.15, 0.2) is 0 Å². The number of hydrazone groups is 1. The smallest absolute Gasteiger partial charge is 0.129 e. The van der Waals surface area contributed by atoms with Crippen LogP contribution in [0.4, 0.5) is 0 Å². The highest BCUT2D eigenvalue weighted by Gasteiger charge is 2.46. The van der Waals surface area contributed by atoms with E-state index >= 15 is 0 Å². The van der Waals surface area contributed by atoms with E-state index in [1.807, 2.05) is 49.5 Å². The van der Waals surface area contributed by atoms with E-state index in [1.54, 1.807) is 0 Å². The van der Waals surface area contributed by atoms with Crippen LogP contribution in [-0.4, -0.2) is 55.2 Å².